The number of carbonyl (C=O) groups is 2. The SMILES string of the molecule is C=CCN1C[C@H]2CN(C(=O)NC(C)C)C[C@@]2(C(=O)O)C1. The lowest BCUT2D eigenvalue weighted by Crippen LogP contribution is -2.46. The van der Waals surface area contributed by atoms with Crippen LogP contribution in [-0.2, 0) is 4.79 Å². The van der Waals surface area contributed by atoms with Gasteiger partial charge in [0, 0.05) is 44.7 Å². The molecule has 0 radical (unpaired) electrons. The number of nitrogens with one attached hydrogen (secondary N) is 1. The third-order valence-electron chi connectivity index (χ3n) is 4.19. The molecule has 0 saturated carbocycles. The van der Waals surface area contributed by atoms with E-state index in [4.69, 9.17) is 0 Å². The topological polar surface area (TPSA) is 72.9 Å². The number of hydrogen-bond acceptors (Lipinski definition) is 3. The van der Waals surface area contributed by atoms with E-state index >= 15 is 0 Å². The fourth-order valence-corrected chi connectivity index (χ4v) is 3.29. The number of carboxylic acid groups (broad SMARTS) is 1. The van der Waals surface area contributed by atoms with Crippen LogP contribution in [0.3, 0.4) is 0 Å². The first kappa shape index (κ1) is 14.8. The first-order valence-electron chi connectivity index (χ1n) is 7.01. The Bertz CT molecular complexity index is 424. The number of likely N-dealkylation sites (tertiary alicyclic amines) is 2. The average Bonchev–Trinajstić information content (AvgIpc) is 2.82. The van der Waals surface area contributed by atoms with Crippen molar-refractivity contribution < 1.29 is 14.7 Å². The largest absolute Gasteiger partial charge is 0.481 e. The van der Waals surface area contributed by atoms with Crippen molar-refractivity contribution in [3.63, 3.8) is 0 Å². The number of nitrogens with zero attached hydrogens (tertiary/aromatic N) is 2. The van der Waals surface area contributed by atoms with Gasteiger partial charge in [-0.05, 0) is 13.8 Å². The highest BCUT2D eigenvalue weighted by Gasteiger charge is 2.58. The van der Waals surface area contributed by atoms with Gasteiger partial charge in [-0.15, -0.1) is 6.58 Å². The smallest absolute Gasteiger partial charge is 0.317 e. The fraction of sp³-hybridized carbons (Fsp3) is 0.714. The molecule has 2 aliphatic rings. The summed E-state index contributed by atoms with van der Waals surface area (Å²) < 4.78 is 0. The number of hydrogen-bond donors (Lipinski definition) is 2. The summed E-state index contributed by atoms with van der Waals surface area (Å²) in [6.45, 7) is 10.2. The van der Waals surface area contributed by atoms with Crippen LogP contribution in [0.15, 0.2) is 12.7 Å². The van der Waals surface area contributed by atoms with Gasteiger partial charge in [-0.3, -0.25) is 9.69 Å². The minimum absolute atomic E-state index is 0.00198. The van der Waals surface area contributed by atoms with Crippen molar-refractivity contribution in [3.8, 4) is 0 Å². The maximum absolute atomic E-state index is 12.1. The van der Waals surface area contributed by atoms with Crippen LogP contribution in [0.2, 0.25) is 0 Å². The maximum Gasteiger partial charge on any atom is 0.317 e. The highest BCUT2D eigenvalue weighted by molar-refractivity contribution is 5.81. The molecule has 0 aliphatic carbocycles. The number of rotatable bonds is 4. The van der Waals surface area contributed by atoms with Gasteiger partial charge >= 0.3 is 12.0 Å². The van der Waals surface area contributed by atoms with Gasteiger partial charge in [-0.25, -0.2) is 4.79 Å². The maximum atomic E-state index is 12.1. The monoisotopic (exact) mass is 281 g/mol. The van der Waals surface area contributed by atoms with Gasteiger partial charge in [0.05, 0.1) is 0 Å². The average molecular weight is 281 g/mol. The van der Waals surface area contributed by atoms with Crippen LogP contribution in [0, 0.1) is 11.3 Å². The molecule has 0 unspecified atom stereocenters. The zero-order valence-electron chi connectivity index (χ0n) is 12.1. The van der Waals surface area contributed by atoms with Gasteiger partial charge in [0.1, 0.15) is 5.41 Å². The lowest BCUT2D eigenvalue weighted by molar-refractivity contribution is -0.148. The Morgan fingerprint density at radius 2 is 2.15 bits per heavy atom. The molecule has 2 rings (SSSR count). The van der Waals surface area contributed by atoms with E-state index in [2.05, 4.69) is 16.8 Å². The lowest BCUT2D eigenvalue weighted by Gasteiger charge is -2.25. The standard InChI is InChI=1S/C14H23N3O3/c1-4-5-16-6-11-7-17(13(20)15-10(2)3)9-14(11,8-16)12(18)19/h4,10-11H,1,5-9H2,2-3H3,(H,15,20)(H,18,19)/t11-,14-/m0/s1. The Kier molecular flexibility index (Phi) is 4.04. The molecule has 2 atom stereocenters. The molecular formula is C14H23N3O3. The summed E-state index contributed by atoms with van der Waals surface area (Å²) in [5.74, 6) is -0.799. The summed E-state index contributed by atoms with van der Waals surface area (Å²) in [7, 11) is 0. The second-order valence-corrected chi connectivity index (χ2v) is 6.13. The molecule has 112 valence electrons. The van der Waals surface area contributed by atoms with E-state index in [1.165, 1.54) is 0 Å². The van der Waals surface area contributed by atoms with E-state index < -0.39 is 11.4 Å². The van der Waals surface area contributed by atoms with E-state index in [1.807, 2.05) is 13.8 Å². The van der Waals surface area contributed by atoms with Gasteiger partial charge in [-0.1, -0.05) is 6.08 Å². The van der Waals surface area contributed by atoms with Crippen LogP contribution in [0.4, 0.5) is 4.79 Å². The number of fused-ring (bicyclic) bond motifs is 1. The van der Waals surface area contributed by atoms with E-state index in [1.54, 1.807) is 11.0 Å². The van der Waals surface area contributed by atoms with Crippen LogP contribution < -0.4 is 5.32 Å². The Morgan fingerprint density at radius 1 is 1.45 bits per heavy atom. The molecule has 0 bridgehead atoms. The summed E-state index contributed by atoms with van der Waals surface area (Å²) >= 11 is 0. The van der Waals surface area contributed by atoms with Crippen LogP contribution in [0.1, 0.15) is 13.8 Å². The van der Waals surface area contributed by atoms with Crippen LogP contribution in [0.5, 0.6) is 0 Å². The highest BCUT2D eigenvalue weighted by atomic mass is 16.4. The molecule has 6 heteroatoms. The molecule has 0 spiro atoms. The van der Waals surface area contributed by atoms with E-state index in [0.29, 0.717) is 32.7 Å². The molecule has 0 aromatic heterocycles. The van der Waals surface area contributed by atoms with Gasteiger partial charge < -0.3 is 15.3 Å². The van der Waals surface area contributed by atoms with Crippen molar-refractivity contribution in [1.29, 1.82) is 0 Å². The summed E-state index contributed by atoms with van der Waals surface area (Å²) in [6, 6.07) is -0.105. The highest BCUT2D eigenvalue weighted by Crippen LogP contribution is 2.42. The first-order valence-corrected chi connectivity index (χ1v) is 7.01. The molecule has 2 amide bonds. The molecule has 2 aliphatic heterocycles. The second-order valence-electron chi connectivity index (χ2n) is 6.13. The predicted octanol–water partition coefficient (Wildman–Crippen LogP) is 0.609. The number of carbonyl (C=O) groups excluding carboxylic acids is 1. The minimum atomic E-state index is -0.822. The second kappa shape index (κ2) is 5.44. The molecular weight excluding hydrogens is 258 g/mol. The minimum Gasteiger partial charge on any atom is -0.481 e. The lowest BCUT2D eigenvalue weighted by atomic mass is 9.81. The molecule has 20 heavy (non-hydrogen) atoms. The summed E-state index contributed by atoms with van der Waals surface area (Å²) in [4.78, 5) is 27.5. The Balaban J connectivity index is 2.10. The molecule has 2 heterocycles. The van der Waals surface area contributed by atoms with Crippen LogP contribution in [-0.4, -0.2) is 65.7 Å². The van der Waals surface area contributed by atoms with Crippen molar-refractivity contribution in [1.82, 2.24) is 15.1 Å². The fourth-order valence-electron chi connectivity index (χ4n) is 3.29. The number of carboxylic acids is 1. The third-order valence-corrected chi connectivity index (χ3v) is 4.19. The van der Waals surface area contributed by atoms with Crippen LogP contribution >= 0.6 is 0 Å². The van der Waals surface area contributed by atoms with Gasteiger partial charge in [0.25, 0.3) is 0 Å². The van der Waals surface area contributed by atoms with Crippen molar-refractivity contribution in [2.24, 2.45) is 11.3 Å². The molecule has 2 saturated heterocycles. The number of amides is 2. The summed E-state index contributed by atoms with van der Waals surface area (Å²) in [6.07, 6.45) is 1.79. The third kappa shape index (κ3) is 2.52. The van der Waals surface area contributed by atoms with Gasteiger partial charge in [0.2, 0.25) is 0 Å². The quantitative estimate of drug-likeness (QED) is 0.741. The Hall–Kier alpha value is -1.56. The summed E-state index contributed by atoms with van der Waals surface area (Å²) in [5, 5.41) is 12.5. The van der Waals surface area contributed by atoms with Crippen LogP contribution in [0.25, 0.3) is 0 Å². The van der Waals surface area contributed by atoms with Gasteiger partial charge in [-0.2, -0.15) is 0 Å². The normalized spacial score (nSPS) is 29.6. The molecule has 0 aromatic rings. The first-order chi connectivity index (χ1) is 9.39. The zero-order valence-corrected chi connectivity index (χ0v) is 12.1. The van der Waals surface area contributed by atoms with Crippen molar-refractivity contribution in [2.75, 3.05) is 32.7 Å². The summed E-state index contributed by atoms with van der Waals surface area (Å²) in [5.41, 5.74) is -0.822. The van der Waals surface area contributed by atoms with Crippen molar-refractivity contribution >= 4 is 12.0 Å². The predicted molar refractivity (Wildman–Crippen MR) is 75.4 cm³/mol. The molecule has 2 fully saturated rings. The Morgan fingerprint density at radius 3 is 2.65 bits per heavy atom. The van der Waals surface area contributed by atoms with Crippen molar-refractivity contribution in [3.05, 3.63) is 12.7 Å². The number of urea groups is 1. The van der Waals surface area contributed by atoms with E-state index in [9.17, 15) is 14.7 Å². The molecule has 0 aromatic carbocycles. The Labute approximate surface area is 119 Å². The van der Waals surface area contributed by atoms with E-state index in [-0.39, 0.29) is 18.0 Å². The zero-order chi connectivity index (χ0) is 14.9. The van der Waals surface area contributed by atoms with Gasteiger partial charge in [0.15, 0.2) is 0 Å². The molecule has 2 N–H and O–H groups in total. The molecule has 6 nitrogen and oxygen atoms in total. The number of aliphatic carboxylic acids is 1. The van der Waals surface area contributed by atoms with Crippen molar-refractivity contribution in [2.45, 2.75) is 19.9 Å². The van der Waals surface area contributed by atoms with E-state index in [0.717, 1.165) is 0 Å².